The van der Waals surface area contributed by atoms with E-state index in [2.05, 4.69) is 174 Å². The van der Waals surface area contributed by atoms with E-state index in [1.165, 1.54) is 30.9 Å². The molecule has 12 rings (SSSR count). The number of pyridine rings is 1. The number of para-hydroxylation sites is 2. The van der Waals surface area contributed by atoms with Crippen LogP contribution >= 0.6 is 11.3 Å². The third-order valence-corrected chi connectivity index (χ3v) is 12.4. The lowest BCUT2D eigenvalue weighted by Gasteiger charge is -2.13. The molecule has 0 fully saturated rings. The maximum atomic E-state index is 5.41. The van der Waals surface area contributed by atoms with Crippen molar-refractivity contribution in [3.05, 3.63) is 188 Å². The summed E-state index contributed by atoms with van der Waals surface area (Å²) in [7, 11) is 0. The molecular weight excluding hydrogens is 727 g/mol. The van der Waals surface area contributed by atoms with Crippen molar-refractivity contribution in [1.29, 1.82) is 0 Å². The lowest BCUT2D eigenvalue weighted by molar-refractivity contribution is 1.07. The third kappa shape index (κ3) is 5.16. The van der Waals surface area contributed by atoms with Crippen LogP contribution < -0.4 is 0 Å². The highest BCUT2D eigenvalue weighted by atomic mass is 32.1. The highest BCUT2D eigenvalue weighted by molar-refractivity contribution is 7.26. The van der Waals surface area contributed by atoms with Gasteiger partial charge in [0.25, 0.3) is 0 Å². The molecule has 270 valence electrons. The summed E-state index contributed by atoms with van der Waals surface area (Å²) in [5, 5.41) is 8.31. The van der Waals surface area contributed by atoms with Gasteiger partial charge in [-0.15, -0.1) is 11.3 Å². The van der Waals surface area contributed by atoms with Gasteiger partial charge >= 0.3 is 0 Å². The second kappa shape index (κ2) is 13.0. The number of thiophene rings is 1. The van der Waals surface area contributed by atoms with Crippen LogP contribution in [-0.2, 0) is 0 Å². The van der Waals surface area contributed by atoms with Crippen LogP contribution in [0.4, 0.5) is 0 Å². The molecule has 8 aromatic carbocycles. The first-order valence-corrected chi connectivity index (χ1v) is 20.2. The Morgan fingerprint density at radius 1 is 0.345 bits per heavy atom. The van der Waals surface area contributed by atoms with Crippen LogP contribution in [0, 0.1) is 0 Å². The van der Waals surface area contributed by atoms with Gasteiger partial charge in [-0.2, -0.15) is 0 Å². The van der Waals surface area contributed by atoms with Crippen LogP contribution in [0.25, 0.3) is 115 Å². The fourth-order valence-corrected chi connectivity index (χ4v) is 9.70. The molecule has 0 aliphatic rings. The Balaban J connectivity index is 1.09. The van der Waals surface area contributed by atoms with Crippen molar-refractivity contribution in [2.45, 2.75) is 0 Å². The molecule has 6 heteroatoms. The maximum Gasteiger partial charge on any atom is 0.164 e. The van der Waals surface area contributed by atoms with Crippen molar-refractivity contribution in [2.75, 3.05) is 0 Å². The Morgan fingerprint density at radius 2 is 0.931 bits per heavy atom. The van der Waals surface area contributed by atoms with E-state index in [1.807, 2.05) is 29.5 Å². The number of fused-ring (bicyclic) bond motifs is 10. The first-order chi connectivity index (χ1) is 28.7. The number of hydrogen-bond acceptors (Lipinski definition) is 5. The maximum absolute atomic E-state index is 5.41. The Morgan fingerprint density at radius 3 is 1.71 bits per heavy atom. The summed E-state index contributed by atoms with van der Waals surface area (Å²) in [5.74, 6) is 1.83. The average Bonchev–Trinajstić information content (AvgIpc) is 3.85. The number of benzene rings is 8. The predicted molar refractivity (Wildman–Crippen MR) is 242 cm³/mol. The number of rotatable bonds is 5. The fraction of sp³-hybridized carbons (Fsp3) is 0. The van der Waals surface area contributed by atoms with E-state index >= 15 is 0 Å². The largest absolute Gasteiger partial charge is 0.309 e. The molecule has 0 atom stereocenters. The van der Waals surface area contributed by atoms with E-state index in [4.69, 9.17) is 19.9 Å². The molecule has 0 amide bonds. The summed E-state index contributed by atoms with van der Waals surface area (Å²) in [6.07, 6.45) is 0. The van der Waals surface area contributed by atoms with Crippen molar-refractivity contribution in [3.8, 4) is 51.1 Å². The smallest absolute Gasteiger partial charge is 0.164 e. The van der Waals surface area contributed by atoms with Gasteiger partial charge in [0.05, 0.1) is 22.2 Å². The molecule has 4 aromatic heterocycles. The van der Waals surface area contributed by atoms with Crippen molar-refractivity contribution < 1.29 is 0 Å². The average molecular weight is 758 g/mol. The minimum Gasteiger partial charge on any atom is -0.309 e. The number of nitrogens with zero attached hydrogens (tertiary/aromatic N) is 5. The van der Waals surface area contributed by atoms with E-state index < -0.39 is 0 Å². The van der Waals surface area contributed by atoms with E-state index in [0.717, 1.165) is 66.3 Å². The predicted octanol–water partition coefficient (Wildman–Crippen LogP) is 13.7. The minimum atomic E-state index is 0.597. The van der Waals surface area contributed by atoms with Gasteiger partial charge in [-0.25, -0.2) is 19.9 Å². The molecule has 0 bridgehead atoms. The Labute approximate surface area is 337 Å². The van der Waals surface area contributed by atoms with Crippen molar-refractivity contribution in [1.82, 2.24) is 24.5 Å². The molecule has 0 saturated carbocycles. The zero-order valence-electron chi connectivity index (χ0n) is 31.0. The molecule has 0 aliphatic heterocycles. The van der Waals surface area contributed by atoms with Gasteiger partial charge in [0.2, 0.25) is 0 Å². The normalized spacial score (nSPS) is 11.8. The SMILES string of the molecule is c1ccc(-c2nc(-c3ccc4c(c3)nc(-c3ccccc3)c3ccc5sc6ccccc6c5c34)nc(-c3ccc4c(c3)c3ccccc3n4-c3ccccc3)n2)cc1. The molecule has 5 nitrogen and oxygen atoms in total. The molecule has 58 heavy (non-hydrogen) atoms. The van der Waals surface area contributed by atoms with Gasteiger partial charge in [0.1, 0.15) is 0 Å². The van der Waals surface area contributed by atoms with E-state index in [-0.39, 0.29) is 0 Å². The van der Waals surface area contributed by atoms with Crippen LogP contribution in [-0.4, -0.2) is 24.5 Å². The standard InChI is InChI=1S/C52H31N5S/c1-4-14-32(15-5-1)49-40-27-29-46-48(39-21-11-13-23-45(39)58-46)47(40)38-26-24-35(31-42(38)53-49)52-55-50(33-16-6-2-7-17-33)54-51(56-52)34-25-28-44-41(30-34)37-20-10-12-22-43(37)57(44)36-18-8-3-9-19-36/h1-31H. The topological polar surface area (TPSA) is 56.5 Å². The van der Waals surface area contributed by atoms with Gasteiger partial charge in [0, 0.05) is 75.0 Å². The second-order valence-electron chi connectivity index (χ2n) is 14.6. The van der Waals surface area contributed by atoms with Gasteiger partial charge < -0.3 is 4.57 Å². The lowest BCUT2D eigenvalue weighted by atomic mass is 9.95. The summed E-state index contributed by atoms with van der Waals surface area (Å²) in [6.45, 7) is 0. The highest BCUT2D eigenvalue weighted by Gasteiger charge is 2.20. The highest BCUT2D eigenvalue weighted by Crippen LogP contribution is 2.44. The van der Waals surface area contributed by atoms with E-state index in [0.29, 0.717) is 17.5 Å². The summed E-state index contributed by atoms with van der Waals surface area (Å²) in [6, 6.07) is 66.0. The molecule has 0 radical (unpaired) electrons. The molecule has 4 heterocycles. The zero-order valence-corrected chi connectivity index (χ0v) is 31.9. The van der Waals surface area contributed by atoms with Crippen LogP contribution in [0.2, 0.25) is 0 Å². The van der Waals surface area contributed by atoms with Gasteiger partial charge in [-0.05, 0) is 54.6 Å². The van der Waals surface area contributed by atoms with Gasteiger partial charge in [-0.1, -0.05) is 133 Å². The summed E-state index contributed by atoms with van der Waals surface area (Å²) in [4.78, 5) is 20.9. The van der Waals surface area contributed by atoms with Gasteiger partial charge in [-0.3, -0.25) is 0 Å². The lowest BCUT2D eigenvalue weighted by Crippen LogP contribution is -2.00. The summed E-state index contributed by atoms with van der Waals surface area (Å²) < 4.78 is 4.87. The Kier molecular flexibility index (Phi) is 7.33. The van der Waals surface area contributed by atoms with Crippen LogP contribution in [0.5, 0.6) is 0 Å². The molecule has 0 N–H and O–H groups in total. The number of aromatic nitrogens is 5. The van der Waals surface area contributed by atoms with Gasteiger partial charge in [0.15, 0.2) is 17.5 Å². The van der Waals surface area contributed by atoms with Crippen LogP contribution in [0.1, 0.15) is 0 Å². The number of hydrogen-bond donors (Lipinski definition) is 0. The van der Waals surface area contributed by atoms with Crippen LogP contribution in [0.3, 0.4) is 0 Å². The molecule has 0 spiro atoms. The molecule has 0 unspecified atom stereocenters. The second-order valence-corrected chi connectivity index (χ2v) is 15.7. The van der Waals surface area contributed by atoms with Crippen molar-refractivity contribution in [3.63, 3.8) is 0 Å². The van der Waals surface area contributed by atoms with Crippen LogP contribution in [0.15, 0.2) is 188 Å². The fourth-order valence-electron chi connectivity index (χ4n) is 8.58. The zero-order chi connectivity index (χ0) is 38.2. The van der Waals surface area contributed by atoms with E-state index in [9.17, 15) is 0 Å². The molecule has 12 aromatic rings. The first kappa shape index (κ1) is 32.7. The van der Waals surface area contributed by atoms with Crippen molar-refractivity contribution in [2.24, 2.45) is 0 Å². The molecule has 0 aliphatic carbocycles. The minimum absolute atomic E-state index is 0.597. The molecular formula is C52H31N5S. The van der Waals surface area contributed by atoms with E-state index in [1.54, 1.807) is 0 Å². The van der Waals surface area contributed by atoms with Crippen molar-refractivity contribution >= 4 is 75.0 Å². The first-order valence-electron chi connectivity index (χ1n) is 19.4. The quantitative estimate of drug-likeness (QED) is 0.164. The monoisotopic (exact) mass is 757 g/mol. The summed E-state index contributed by atoms with van der Waals surface area (Å²) >= 11 is 1.84. The summed E-state index contributed by atoms with van der Waals surface area (Å²) in [5.41, 5.74) is 9.07. The molecule has 0 saturated heterocycles. The Bertz CT molecular complexity index is 3560. The Hall–Kier alpha value is -7.54. The third-order valence-electron chi connectivity index (χ3n) is 11.2.